The van der Waals surface area contributed by atoms with Crippen molar-refractivity contribution in [2.45, 2.75) is 13.0 Å². The van der Waals surface area contributed by atoms with Gasteiger partial charge in [0.05, 0.1) is 17.4 Å². The molecule has 1 atom stereocenters. The molecule has 0 spiro atoms. The Morgan fingerprint density at radius 1 is 0.892 bits per heavy atom. The normalized spacial score (nSPS) is 12.1. The zero-order valence-corrected chi connectivity index (χ0v) is 19.8. The van der Waals surface area contributed by atoms with Gasteiger partial charge in [0.15, 0.2) is 5.43 Å². The molecule has 0 fully saturated rings. The summed E-state index contributed by atoms with van der Waals surface area (Å²) in [7, 11) is 0. The number of hydrogen-bond donors (Lipinski definition) is 2. The molecule has 4 heterocycles. The van der Waals surface area contributed by atoms with Gasteiger partial charge in [-0.1, -0.05) is 48.5 Å². The van der Waals surface area contributed by atoms with Crippen molar-refractivity contribution < 1.29 is 4.39 Å². The van der Waals surface area contributed by atoms with E-state index in [-0.39, 0.29) is 10.9 Å². The van der Waals surface area contributed by atoms with Gasteiger partial charge in [0.1, 0.15) is 34.5 Å². The summed E-state index contributed by atoms with van der Waals surface area (Å²) in [6.45, 7) is 1.91. The van der Waals surface area contributed by atoms with Gasteiger partial charge in [-0.15, -0.1) is 0 Å². The molecule has 4 aromatic heterocycles. The Morgan fingerprint density at radius 2 is 1.73 bits per heavy atom. The van der Waals surface area contributed by atoms with Crippen LogP contribution in [0.4, 0.5) is 10.2 Å². The summed E-state index contributed by atoms with van der Waals surface area (Å²) in [5.74, 6) is -0.0557. The maximum atomic E-state index is 15.2. The predicted octanol–water partition coefficient (Wildman–Crippen LogP) is 5.91. The summed E-state index contributed by atoms with van der Waals surface area (Å²) in [4.78, 5) is 33.6. The number of pyridine rings is 3. The first-order valence-corrected chi connectivity index (χ1v) is 11.8. The summed E-state index contributed by atoms with van der Waals surface area (Å²) < 4.78 is 15.2. The van der Waals surface area contributed by atoms with E-state index in [9.17, 15) is 4.79 Å². The highest BCUT2D eigenvalue weighted by Gasteiger charge is 2.24. The number of nitrogens with one attached hydrogen (secondary N) is 2. The monoisotopic (exact) mass is 488 g/mol. The van der Waals surface area contributed by atoms with Crippen LogP contribution in [0.15, 0.2) is 96.3 Å². The number of anilines is 1. The SMILES string of the molecule is C[C@H](Nc1ncnc2[nH]ccc(=O)c12)c1nc2c(F)cccc2c(-c2ccccn2)c1-c1ccccc1. The van der Waals surface area contributed by atoms with E-state index in [4.69, 9.17) is 4.98 Å². The third-order valence-corrected chi connectivity index (χ3v) is 6.29. The zero-order valence-electron chi connectivity index (χ0n) is 19.8. The highest BCUT2D eigenvalue weighted by atomic mass is 19.1. The largest absolute Gasteiger partial charge is 0.361 e. The second kappa shape index (κ2) is 9.23. The van der Waals surface area contributed by atoms with E-state index in [0.717, 1.165) is 16.7 Å². The first-order valence-electron chi connectivity index (χ1n) is 11.8. The fourth-order valence-corrected chi connectivity index (χ4v) is 4.65. The molecule has 0 aliphatic rings. The number of aromatic nitrogens is 5. The number of hydrogen-bond acceptors (Lipinski definition) is 6. The lowest BCUT2D eigenvalue weighted by atomic mass is 9.90. The van der Waals surface area contributed by atoms with Gasteiger partial charge < -0.3 is 10.3 Å². The van der Waals surface area contributed by atoms with Crippen LogP contribution in [0.3, 0.4) is 0 Å². The third kappa shape index (κ3) is 3.98. The Hall–Kier alpha value is -4.98. The third-order valence-electron chi connectivity index (χ3n) is 6.29. The molecule has 6 rings (SSSR count). The topological polar surface area (TPSA) is 96.5 Å². The van der Waals surface area contributed by atoms with Crippen LogP contribution in [0.25, 0.3) is 44.3 Å². The second-order valence-corrected chi connectivity index (χ2v) is 8.62. The molecule has 0 aliphatic heterocycles. The van der Waals surface area contributed by atoms with Crippen LogP contribution in [0.2, 0.25) is 0 Å². The minimum absolute atomic E-state index is 0.209. The Bertz CT molecular complexity index is 1800. The summed E-state index contributed by atoms with van der Waals surface area (Å²) in [6, 6.07) is 21.4. The van der Waals surface area contributed by atoms with Crippen LogP contribution in [-0.2, 0) is 0 Å². The number of rotatable bonds is 5. The van der Waals surface area contributed by atoms with E-state index in [0.29, 0.717) is 33.6 Å². The number of nitrogens with zero attached hydrogens (tertiary/aromatic N) is 4. The van der Waals surface area contributed by atoms with E-state index in [1.54, 1.807) is 18.5 Å². The molecule has 0 saturated heterocycles. The number of aromatic amines is 1. The minimum Gasteiger partial charge on any atom is -0.361 e. The maximum absolute atomic E-state index is 15.2. The molecule has 0 aliphatic carbocycles. The molecular formula is C29H21FN6O. The summed E-state index contributed by atoms with van der Waals surface area (Å²) in [5, 5.41) is 4.35. The molecule has 0 bridgehead atoms. The average molecular weight is 489 g/mol. The van der Waals surface area contributed by atoms with Crippen molar-refractivity contribution in [2.75, 3.05) is 5.32 Å². The molecule has 180 valence electrons. The van der Waals surface area contributed by atoms with E-state index in [1.807, 2.05) is 61.5 Å². The van der Waals surface area contributed by atoms with Crippen molar-refractivity contribution in [1.82, 2.24) is 24.9 Å². The summed E-state index contributed by atoms with van der Waals surface area (Å²) in [6.07, 6.45) is 4.65. The highest BCUT2D eigenvalue weighted by Crippen LogP contribution is 2.41. The average Bonchev–Trinajstić information content (AvgIpc) is 2.93. The van der Waals surface area contributed by atoms with Gasteiger partial charge in [0, 0.05) is 35.0 Å². The van der Waals surface area contributed by atoms with Crippen molar-refractivity contribution in [1.29, 1.82) is 0 Å². The lowest BCUT2D eigenvalue weighted by molar-refractivity contribution is 0.636. The predicted molar refractivity (Wildman–Crippen MR) is 143 cm³/mol. The lowest BCUT2D eigenvalue weighted by Crippen LogP contribution is -2.15. The standard InChI is InChI=1S/C29H21FN6O/c1-17(35-29-25-22(37)13-15-32-28(25)33-16-34-29)26-23(18-8-3-2-4-9-18)24(21-12-5-6-14-31-21)19-10-7-11-20(30)27(19)36-26/h2-17H,1H3,(H2,32,33,34,35,37)/t17-/m0/s1. The van der Waals surface area contributed by atoms with Gasteiger partial charge in [0.2, 0.25) is 0 Å². The molecule has 2 N–H and O–H groups in total. The first-order chi connectivity index (χ1) is 18.1. The Balaban J connectivity index is 1.64. The number of H-pyrrole nitrogens is 1. The second-order valence-electron chi connectivity index (χ2n) is 8.62. The van der Waals surface area contributed by atoms with Crippen molar-refractivity contribution in [3.63, 3.8) is 0 Å². The van der Waals surface area contributed by atoms with Crippen LogP contribution in [0.1, 0.15) is 18.7 Å². The van der Waals surface area contributed by atoms with E-state index >= 15 is 4.39 Å². The van der Waals surface area contributed by atoms with Crippen LogP contribution >= 0.6 is 0 Å². The van der Waals surface area contributed by atoms with Gasteiger partial charge in [-0.3, -0.25) is 9.78 Å². The number of fused-ring (bicyclic) bond motifs is 2. The first kappa shape index (κ1) is 22.5. The zero-order chi connectivity index (χ0) is 25.4. The molecule has 7 nitrogen and oxygen atoms in total. The van der Waals surface area contributed by atoms with Crippen molar-refractivity contribution in [3.8, 4) is 22.4 Å². The van der Waals surface area contributed by atoms with Gasteiger partial charge in [-0.2, -0.15) is 0 Å². The fraction of sp³-hybridized carbons (Fsp3) is 0.0690. The lowest BCUT2D eigenvalue weighted by Gasteiger charge is -2.22. The van der Waals surface area contributed by atoms with Crippen LogP contribution < -0.4 is 10.7 Å². The number of para-hydroxylation sites is 1. The minimum atomic E-state index is -0.459. The Morgan fingerprint density at radius 3 is 2.54 bits per heavy atom. The molecule has 6 aromatic rings. The molecule has 37 heavy (non-hydrogen) atoms. The van der Waals surface area contributed by atoms with E-state index < -0.39 is 11.9 Å². The summed E-state index contributed by atoms with van der Waals surface area (Å²) in [5.41, 5.74) is 4.29. The van der Waals surface area contributed by atoms with E-state index in [1.165, 1.54) is 18.5 Å². The van der Waals surface area contributed by atoms with Crippen LogP contribution in [0, 0.1) is 5.82 Å². The van der Waals surface area contributed by atoms with Gasteiger partial charge in [0.25, 0.3) is 0 Å². The summed E-state index contributed by atoms with van der Waals surface area (Å²) >= 11 is 0. The van der Waals surface area contributed by atoms with Crippen LogP contribution in [0.5, 0.6) is 0 Å². The molecule has 0 radical (unpaired) electrons. The van der Waals surface area contributed by atoms with Gasteiger partial charge in [-0.05, 0) is 30.7 Å². The smallest absolute Gasteiger partial charge is 0.194 e. The molecule has 0 amide bonds. The van der Waals surface area contributed by atoms with Gasteiger partial charge in [-0.25, -0.2) is 19.3 Å². The molecule has 0 unspecified atom stereocenters. The van der Waals surface area contributed by atoms with Crippen molar-refractivity contribution in [2.24, 2.45) is 0 Å². The molecule has 8 heteroatoms. The maximum Gasteiger partial charge on any atom is 0.194 e. The number of halogens is 1. The van der Waals surface area contributed by atoms with Crippen molar-refractivity contribution in [3.05, 3.63) is 113 Å². The Kier molecular flexibility index (Phi) is 5.61. The quantitative estimate of drug-likeness (QED) is 0.313. The molecular weight excluding hydrogens is 467 g/mol. The van der Waals surface area contributed by atoms with Gasteiger partial charge >= 0.3 is 0 Å². The highest BCUT2D eigenvalue weighted by molar-refractivity contribution is 6.03. The fourth-order valence-electron chi connectivity index (χ4n) is 4.65. The van der Waals surface area contributed by atoms with Crippen molar-refractivity contribution >= 4 is 27.8 Å². The molecule has 0 saturated carbocycles. The van der Waals surface area contributed by atoms with Crippen LogP contribution in [-0.4, -0.2) is 24.9 Å². The van der Waals surface area contributed by atoms with E-state index in [2.05, 4.69) is 25.3 Å². The Labute approximate surface area is 211 Å². The number of benzene rings is 2. The molecule has 2 aromatic carbocycles.